The van der Waals surface area contributed by atoms with E-state index in [1.807, 2.05) is 24.3 Å². The molecule has 1 fully saturated rings. The molecule has 3 N–H and O–H groups in total. The molecule has 1 aliphatic rings. The Bertz CT molecular complexity index is 2940. The van der Waals surface area contributed by atoms with E-state index in [1.54, 1.807) is 0 Å². The lowest BCUT2D eigenvalue weighted by atomic mass is 9.99. The van der Waals surface area contributed by atoms with Crippen molar-refractivity contribution in [2.24, 2.45) is 0 Å². The molecule has 3 aromatic heterocycles. The molecule has 1 saturated heterocycles. The van der Waals surface area contributed by atoms with Gasteiger partial charge in [0.15, 0.2) is 0 Å². The van der Waals surface area contributed by atoms with Gasteiger partial charge in [0.2, 0.25) is 0 Å². The predicted octanol–water partition coefficient (Wildman–Crippen LogP) is 11.2. The molecule has 3 atom stereocenters. The first kappa shape index (κ1) is 28.6. The first-order valence-electron chi connectivity index (χ1n) is 17.3. The van der Waals surface area contributed by atoms with Crippen molar-refractivity contribution in [2.45, 2.75) is 18.5 Å². The number of nitrogens with one attached hydrogen (secondary N) is 3. The number of furan rings is 3. The third-order valence-electron chi connectivity index (χ3n) is 10.4. The molecule has 0 spiro atoms. The highest BCUT2D eigenvalue weighted by atomic mass is 16.3. The fourth-order valence-corrected chi connectivity index (χ4v) is 7.91. The highest BCUT2D eigenvalue weighted by Gasteiger charge is 2.30. The Morgan fingerprint density at radius 3 is 1.69 bits per heavy atom. The Kier molecular flexibility index (Phi) is 6.27. The highest BCUT2D eigenvalue weighted by molar-refractivity contribution is 6.11. The highest BCUT2D eigenvalue weighted by Crippen LogP contribution is 2.39. The largest absolute Gasteiger partial charge is 0.456 e. The van der Waals surface area contributed by atoms with E-state index >= 15 is 0 Å². The normalized spacial score (nSPS) is 18.2. The van der Waals surface area contributed by atoms with Gasteiger partial charge < -0.3 is 13.3 Å². The van der Waals surface area contributed by atoms with E-state index in [4.69, 9.17) is 13.3 Å². The van der Waals surface area contributed by atoms with Crippen LogP contribution in [0, 0.1) is 0 Å². The summed E-state index contributed by atoms with van der Waals surface area (Å²) in [7, 11) is 0. The minimum Gasteiger partial charge on any atom is -0.456 e. The Labute approximate surface area is 292 Å². The van der Waals surface area contributed by atoms with Gasteiger partial charge in [0.1, 0.15) is 33.5 Å². The molecule has 51 heavy (non-hydrogen) atoms. The number of rotatable bonds is 4. The number of para-hydroxylation sites is 3. The van der Waals surface area contributed by atoms with Gasteiger partial charge in [-0.25, -0.2) is 0 Å². The zero-order chi connectivity index (χ0) is 33.5. The fraction of sp³-hybridized carbons (Fsp3) is 0.0667. The summed E-state index contributed by atoms with van der Waals surface area (Å²) in [4.78, 5) is 0. The standard InChI is InChI=1S/C45H31N3O3/c1-2-9-26(10-3-1)43-46-44(48-45(47-43)29-17-20-33-31-11-4-6-15-37(31)50-41(33)25-29)28-19-22-40-36(24-28)35-23-27(18-21-39(35)49-40)30-13-8-14-34-32-12-5-7-16-38(32)51-42(30)34/h1-25,43-48H. The lowest BCUT2D eigenvalue weighted by molar-refractivity contribution is 0.203. The topological polar surface area (TPSA) is 75.5 Å². The number of benzene rings is 7. The molecule has 3 unspecified atom stereocenters. The second kappa shape index (κ2) is 11.2. The molecular weight excluding hydrogens is 631 g/mol. The fourth-order valence-electron chi connectivity index (χ4n) is 7.91. The Hall–Kier alpha value is -6.18. The van der Waals surface area contributed by atoms with Crippen LogP contribution in [0.3, 0.4) is 0 Å². The van der Waals surface area contributed by atoms with Crippen molar-refractivity contribution in [3.8, 4) is 11.1 Å². The number of fused-ring (bicyclic) bond motifs is 9. The van der Waals surface area contributed by atoms with Crippen molar-refractivity contribution in [3.63, 3.8) is 0 Å². The van der Waals surface area contributed by atoms with Crippen molar-refractivity contribution in [3.05, 3.63) is 168 Å². The predicted molar refractivity (Wildman–Crippen MR) is 204 cm³/mol. The van der Waals surface area contributed by atoms with E-state index in [9.17, 15) is 0 Å². The van der Waals surface area contributed by atoms with E-state index in [0.717, 1.165) is 93.6 Å². The lowest BCUT2D eigenvalue weighted by Crippen LogP contribution is -2.54. The third-order valence-corrected chi connectivity index (χ3v) is 10.4. The van der Waals surface area contributed by atoms with Crippen LogP contribution in [0.5, 0.6) is 0 Å². The zero-order valence-electron chi connectivity index (χ0n) is 27.4. The van der Waals surface area contributed by atoms with E-state index in [0.29, 0.717) is 0 Å². The molecule has 1 aliphatic heterocycles. The SMILES string of the molecule is c1ccc(C2NC(c3ccc4c(c3)oc3ccccc34)NC(c3ccc4oc5ccc(-c6cccc7c6oc6ccccc67)cc5c4c3)N2)cc1. The van der Waals surface area contributed by atoms with E-state index in [1.165, 1.54) is 0 Å². The average Bonchev–Trinajstić information content (AvgIpc) is 3.88. The quantitative estimate of drug-likeness (QED) is 0.174. The van der Waals surface area contributed by atoms with Crippen molar-refractivity contribution < 1.29 is 13.3 Å². The maximum Gasteiger partial charge on any atom is 0.143 e. The molecule has 0 bridgehead atoms. The molecule has 6 heteroatoms. The Balaban J connectivity index is 1.00. The van der Waals surface area contributed by atoms with Crippen LogP contribution in [0.1, 0.15) is 35.2 Å². The maximum atomic E-state index is 6.40. The second-order valence-electron chi connectivity index (χ2n) is 13.4. The van der Waals surface area contributed by atoms with Crippen LogP contribution in [0.25, 0.3) is 76.9 Å². The average molecular weight is 662 g/mol. The molecule has 0 radical (unpaired) electrons. The van der Waals surface area contributed by atoms with Gasteiger partial charge in [-0.05, 0) is 64.7 Å². The van der Waals surface area contributed by atoms with E-state index in [-0.39, 0.29) is 18.5 Å². The van der Waals surface area contributed by atoms with E-state index in [2.05, 4.69) is 143 Å². The smallest absolute Gasteiger partial charge is 0.143 e. The molecule has 0 amide bonds. The van der Waals surface area contributed by atoms with Gasteiger partial charge in [-0.2, -0.15) is 0 Å². The first-order chi connectivity index (χ1) is 25.2. The number of hydrogen-bond acceptors (Lipinski definition) is 6. The molecule has 0 saturated carbocycles. The summed E-state index contributed by atoms with van der Waals surface area (Å²) in [5, 5.41) is 18.1. The van der Waals surface area contributed by atoms with Gasteiger partial charge in [-0.1, -0.05) is 109 Å². The van der Waals surface area contributed by atoms with Gasteiger partial charge >= 0.3 is 0 Å². The Morgan fingerprint density at radius 1 is 0.333 bits per heavy atom. The summed E-state index contributed by atoms with van der Waals surface area (Å²) >= 11 is 0. The molecule has 10 aromatic rings. The molecule has 4 heterocycles. The molecule has 11 rings (SSSR count). The van der Waals surface area contributed by atoms with Crippen LogP contribution in [-0.4, -0.2) is 0 Å². The summed E-state index contributed by atoms with van der Waals surface area (Å²) in [6.07, 6.45) is -0.400. The minimum absolute atomic E-state index is 0.0958. The van der Waals surface area contributed by atoms with E-state index < -0.39 is 0 Å². The second-order valence-corrected chi connectivity index (χ2v) is 13.4. The lowest BCUT2D eigenvalue weighted by Gasteiger charge is -2.39. The first-order valence-corrected chi connectivity index (χ1v) is 17.3. The Morgan fingerprint density at radius 2 is 0.882 bits per heavy atom. The molecule has 244 valence electrons. The summed E-state index contributed by atoms with van der Waals surface area (Å²) in [5.74, 6) is 0. The van der Waals surface area contributed by atoms with Gasteiger partial charge in [0.05, 0.1) is 18.5 Å². The van der Waals surface area contributed by atoms with Crippen LogP contribution >= 0.6 is 0 Å². The molecular formula is C45H31N3O3. The van der Waals surface area contributed by atoms with Gasteiger partial charge in [0, 0.05) is 37.9 Å². The minimum atomic E-state index is -0.158. The van der Waals surface area contributed by atoms with Crippen LogP contribution < -0.4 is 16.0 Å². The van der Waals surface area contributed by atoms with Crippen molar-refractivity contribution >= 4 is 65.8 Å². The van der Waals surface area contributed by atoms with Crippen LogP contribution in [0.2, 0.25) is 0 Å². The third kappa shape index (κ3) is 4.62. The van der Waals surface area contributed by atoms with Crippen molar-refractivity contribution in [1.29, 1.82) is 0 Å². The summed E-state index contributed by atoms with van der Waals surface area (Å²) < 4.78 is 19.1. The van der Waals surface area contributed by atoms with Crippen LogP contribution in [0.4, 0.5) is 0 Å². The van der Waals surface area contributed by atoms with Crippen LogP contribution in [0.15, 0.2) is 165 Å². The monoisotopic (exact) mass is 661 g/mol. The molecule has 0 aliphatic carbocycles. The zero-order valence-corrected chi connectivity index (χ0v) is 27.4. The van der Waals surface area contributed by atoms with Gasteiger partial charge in [0.25, 0.3) is 0 Å². The molecule has 6 nitrogen and oxygen atoms in total. The summed E-state index contributed by atoms with van der Waals surface area (Å²) in [6, 6.07) is 52.7. The summed E-state index contributed by atoms with van der Waals surface area (Å²) in [5.41, 5.74) is 10.8. The van der Waals surface area contributed by atoms with Crippen molar-refractivity contribution in [1.82, 2.24) is 16.0 Å². The molecule has 7 aromatic carbocycles. The van der Waals surface area contributed by atoms with Gasteiger partial charge in [-0.3, -0.25) is 16.0 Å². The van der Waals surface area contributed by atoms with Crippen molar-refractivity contribution in [2.75, 3.05) is 0 Å². The number of hydrogen-bond donors (Lipinski definition) is 3. The van der Waals surface area contributed by atoms with Gasteiger partial charge in [-0.15, -0.1) is 0 Å². The van der Waals surface area contributed by atoms with Crippen LogP contribution in [-0.2, 0) is 0 Å². The maximum absolute atomic E-state index is 6.40. The summed E-state index contributed by atoms with van der Waals surface area (Å²) in [6.45, 7) is 0.